The van der Waals surface area contributed by atoms with Gasteiger partial charge in [-0.3, -0.25) is 4.79 Å². The molecular weight excluding hydrogens is 289 g/mol. The standard InChI is InChI=1S/C17H15ClFNO/c18-14-7-3-12(4-8-14)16-2-1-11-20(16)17(21)13-5-9-15(19)10-6-13/h3-10,16H,1-2,11H2. The molecule has 2 nitrogen and oxygen atoms in total. The van der Waals surface area contributed by atoms with Gasteiger partial charge in [-0.1, -0.05) is 23.7 Å². The summed E-state index contributed by atoms with van der Waals surface area (Å²) >= 11 is 5.91. The van der Waals surface area contributed by atoms with Gasteiger partial charge in [-0.2, -0.15) is 0 Å². The van der Waals surface area contributed by atoms with Crippen LogP contribution >= 0.6 is 11.6 Å². The number of likely N-dealkylation sites (tertiary alicyclic amines) is 1. The van der Waals surface area contributed by atoms with Gasteiger partial charge < -0.3 is 4.90 Å². The summed E-state index contributed by atoms with van der Waals surface area (Å²) in [5.41, 5.74) is 1.62. The summed E-state index contributed by atoms with van der Waals surface area (Å²) in [5.74, 6) is -0.380. The maximum Gasteiger partial charge on any atom is 0.254 e. The van der Waals surface area contributed by atoms with E-state index in [-0.39, 0.29) is 17.8 Å². The highest BCUT2D eigenvalue weighted by Gasteiger charge is 2.30. The molecule has 0 radical (unpaired) electrons. The molecule has 2 aromatic carbocycles. The minimum absolute atomic E-state index is 0.0487. The smallest absolute Gasteiger partial charge is 0.254 e. The Morgan fingerprint density at radius 2 is 1.76 bits per heavy atom. The highest BCUT2D eigenvalue weighted by molar-refractivity contribution is 6.30. The third-order valence-corrected chi connectivity index (χ3v) is 4.11. The maximum atomic E-state index is 13.0. The van der Waals surface area contributed by atoms with Gasteiger partial charge in [0.1, 0.15) is 5.82 Å². The zero-order chi connectivity index (χ0) is 14.8. The molecule has 0 bridgehead atoms. The summed E-state index contributed by atoms with van der Waals surface area (Å²) in [5, 5.41) is 0.688. The zero-order valence-electron chi connectivity index (χ0n) is 11.4. The molecule has 0 aliphatic carbocycles. The van der Waals surface area contributed by atoms with Crippen LogP contribution < -0.4 is 0 Å². The quantitative estimate of drug-likeness (QED) is 0.802. The molecule has 4 heteroatoms. The fourth-order valence-corrected chi connectivity index (χ4v) is 2.93. The molecule has 108 valence electrons. The number of halogens is 2. The van der Waals surface area contributed by atoms with Crippen molar-refractivity contribution >= 4 is 17.5 Å². The molecule has 1 saturated heterocycles. The molecule has 0 spiro atoms. The van der Waals surface area contributed by atoms with Gasteiger partial charge in [0.25, 0.3) is 5.91 Å². The number of carbonyl (C=O) groups excluding carboxylic acids is 1. The predicted octanol–water partition coefficient (Wildman–Crippen LogP) is 4.46. The van der Waals surface area contributed by atoms with E-state index in [1.165, 1.54) is 24.3 Å². The maximum absolute atomic E-state index is 13.0. The minimum Gasteiger partial charge on any atom is -0.332 e. The molecule has 1 aliphatic rings. The lowest BCUT2D eigenvalue weighted by Crippen LogP contribution is -2.30. The van der Waals surface area contributed by atoms with Gasteiger partial charge in [-0.15, -0.1) is 0 Å². The van der Waals surface area contributed by atoms with Crippen molar-refractivity contribution in [3.8, 4) is 0 Å². The molecule has 1 aliphatic heterocycles. The first-order valence-electron chi connectivity index (χ1n) is 6.97. The average molecular weight is 304 g/mol. The van der Waals surface area contributed by atoms with Crippen molar-refractivity contribution in [2.24, 2.45) is 0 Å². The van der Waals surface area contributed by atoms with Crippen LogP contribution in [-0.2, 0) is 0 Å². The first-order valence-corrected chi connectivity index (χ1v) is 7.35. The lowest BCUT2D eigenvalue weighted by Gasteiger charge is -2.25. The number of hydrogen-bond acceptors (Lipinski definition) is 1. The molecule has 0 N–H and O–H groups in total. The normalized spacial score (nSPS) is 18.0. The Balaban J connectivity index is 1.85. The summed E-state index contributed by atoms with van der Waals surface area (Å²) in [6.07, 6.45) is 1.91. The van der Waals surface area contributed by atoms with Crippen molar-refractivity contribution < 1.29 is 9.18 Å². The second kappa shape index (κ2) is 5.86. The number of rotatable bonds is 2. The van der Waals surface area contributed by atoms with Gasteiger partial charge in [0.15, 0.2) is 0 Å². The summed E-state index contributed by atoms with van der Waals surface area (Å²) < 4.78 is 13.0. The number of nitrogens with zero attached hydrogens (tertiary/aromatic N) is 1. The molecule has 1 unspecified atom stereocenters. The summed E-state index contributed by atoms with van der Waals surface area (Å²) in [6, 6.07) is 13.4. The van der Waals surface area contributed by atoms with E-state index < -0.39 is 0 Å². The molecule has 3 rings (SSSR count). The summed E-state index contributed by atoms with van der Waals surface area (Å²) in [6.45, 7) is 0.726. The summed E-state index contributed by atoms with van der Waals surface area (Å²) in [4.78, 5) is 14.4. The molecule has 0 saturated carbocycles. The molecule has 1 amide bonds. The second-order valence-corrected chi connectivity index (χ2v) is 5.65. The molecule has 1 fully saturated rings. The van der Waals surface area contributed by atoms with Crippen molar-refractivity contribution in [2.75, 3.05) is 6.54 Å². The van der Waals surface area contributed by atoms with Crippen LogP contribution in [0.1, 0.15) is 34.8 Å². The highest BCUT2D eigenvalue weighted by atomic mass is 35.5. The number of benzene rings is 2. The van der Waals surface area contributed by atoms with E-state index >= 15 is 0 Å². The monoisotopic (exact) mass is 303 g/mol. The van der Waals surface area contributed by atoms with E-state index in [2.05, 4.69) is 0 Å². The van der Waals surface area contributed by atoms with Crippen LogP contribution in [0.5, 0.6) is 0 Å². The van der Waals surface area contributed by atoms with Gasteiger partial charge in [-0.05, 0) is 54.8 Å². The van der Waals surface area contributed by atoms with Gasteiger partial charge in [-0.25, -0.2) is 4.39 Å². The van der Waals surface area contributed by atoms with Crippen molar-refractivity contribution in [1.29, 1.82) is 0 Å². The van der Waals surface area contributed by atoms with E-state index in [0.717, 1.165) is 24.9 Å². The molecule has 21 heavy (non-hydrogen) atoms. The van der Waals surface area contributed by atoms with Crippen LogP contribution in [0.25, 0.3) is 0 Å². The molecule has 1 heterocycles. The number of hydrogen-bond donors (Lipinski definition) is 0. The van der Waals surface area contributed by atoms with E-state index in [1.54, 1.807) is 0 Å². The SMILES string of the molecule is O=C(c1ccc(F)cc1)N1CCCC1c1ccc(Cl)cc1. The van der Waals surface area contributed by atoms with Crippen molar-refractivity contribution in [3.05, 3.63) is 70.5 Å². The molecule has 0 aromatic heterocycles. The Hall–Kier alpha value is -1.87. The largest absolute Gasteiger partial charge is 0.332 e. The van der Waals surface area contributed by atoms with Crippen molar-refractivity contribution in [1.82, 2.24) is 4.90 Å². The van der Waals surface area contributed by atoms with Crippen molar-refractivity contribution in [3.63, 3.8) is 0 Å². The van der Waals surface area contributed by atoms with Gasteiger partial charge in [0, 0.05) is 17.1 Å². The number of carbonyl (C=O) groups is 1. The zero-order valence-corrected chi connectivity index (χ0v) is 12.2. The highest BCUT2D eigenvalue weighted by Crippen LogP contribution is 2.33. The van der Waals surface area contributed by atoms with Crippen LogP contribution in [0.2, 0.25) is 5.02 Å². The number of amides is 1. The molecule has 1 atom stereocenters. The second-order valence-electron chi connectivity index (χ2n) is 5.22. The lowest BCUT2D eigenvalue weighted by molar-refractivity contribution is 0.0735. The third kappa shape index (κ3) is 2.93. The minimum atomic E-state index is -0.331. The van der Waals surface area contributed by atoms with Crippen LogP contribution in [0.3, 0.4) is 0 Å². The predicted molar refractivity (Wildman–Crippen MR) is 80.9 cm³/mol. The molecule has 2 aromatic rings. The van der Waals surface area contributed by atoms with Gasteiger partial charge >= 0.3 is 0 Å². The Kier molecular flexibility index (Phi) is 3.93. The first-order chi connectivity index (χ1) is 10.1. The van der Waals surface area contributed by atoms with E-state index in [4.69, 9.17) is 11.6 Å². The topological polar surface area (TPSA) is 20.3 Å². The Labute approximate surface area is 128 Å². The Morgan fingerprint density at radius 3 is 2.43 bits per heavy atom. The third-order valence-electron chi connectivity index (χ3n) is 3.86. The molecular formula is C17H15ClFNO. The summed E-state index contributed by atoms with van der Waals surface area (Å²) in [7, 11) is 0. The van der Waals surface area contributed by atoms with Gasteiger partial charge in [0.2, 0.25) is 0 Å². The van der Waals surface area contributed by atoms with Crippen LogP contribution in [0.4, 0.5) is 4.39 Å². The van der Waals surface area contributed by atoms with Crippen LogP contribution in [0, 0.1) is 5.82 Å². The van der Waals surface area contributed by atoms with E-state index in [1.807, 2.05) is 29.2 Å². The first kappa shape index (κ1) is 14.1. The van der Waals surface area contributed by atoms with E-state index in [0.29, 0.717) is 10.6 Å². The fourth-order valence-electron chi connectivity index (χ4n) is 2.80. The van der Waals surface area contributed by atoms with Crippen LogP contribution in [0.15, 0.2) is 48.5 Å². The Morgan fingerprint density at radius 1 is 1.10 bits per heavy atom. The fraction of sp³-hybridized carbons (Fsp3) is 0.235. The van der Waals surface area contributed by atoms with Gasteiger partial charge in [0.05, 0.1) is 6.04 Å². The Bertz CT molecular complexity index is 639. The lowest BCUT2D eigenvalue weighted by atomic mass is 10.0. The van der Waals surface area contributed by atoms with Crippen LogP contribution in [-0.4, -0.2) is 17.4 Å². The van der Waals surface area contributed by atoms with Crippen molar-refractivity contribution in [2.45, 2.75) is 18.9 Å². The average Bonchev–Trinajstić information content (AvgIpc) is 2.97. The van der Waals surface area contributed by atoms with E-state index in [9.17, 15) is 9.18 Å².